The van der Waals surface area contributed by atoms with Gasteiger partial charge in [-0.25, -0.2) is 18.4 Å². The summed E-state index contributed by atoms with van der Waals surface area (Å²) < 4.78 is 36.1. The summed E-state index contributed by atoms with van der Waals surface area (Å²) in [7, 11) is 0. The van der Waals surface area contributed by atoms with Crippen LogP contribution in [-0.4, -0.2) is 18.5 Å². The van der Waals surface area contributed by atoms with Gasteiger partial charge in [-0.2, -0.15) is 0 Å². The van der Waals surface area contributed by atoms with Crippen molar-refractivity contribution in [2.24, 2.45) is 0 Å². The molecule has 0 unspecified atom stereocenters. The van der Waals surface area contributed by atoms with E-state index in [9.17, 15) is 18.4 Å². The van der Waals surface area contributed by atoms with E-state index in [0.29, 0.717) is 12.0 Å². The number of esters is 2. The number of rotatable bonds is 6. The highest BCUT2D eigenvalue weighted by atomic mass is 19.2. The van der Waals surface area contributed by atoms with Gasteiger partial charge in [0.15, 0.2) is 11.6 Å². The van der Waals surface area contributed by atoms with Gasteiger partial charge in [0.1, 0.15) is 6.61 Å². The minimum absolute atomic E-state index is 0.0567. The lowest BCUT2D eigenvalue weighted by molar-refractivity contribution is 0.0438. The van der Waals surface area contributed by atoms with E-state index in [0.717, 1.165) is 12.1 Å². The average Bonchev–Trinajstić information content (AvgIpc) is 2.60. The average molecular weight is 334 g/mol. The Hall–Kier alpha value is -2.76. The maximum Gasteiger partial charge on any atom is 0.339 e. The zero-order valence-corrected chi connectivity index (χ0v) is 13.1. The van der Waals surface area contributed by atoms with Crippen LogP contribution in [0.15, 0.2) is 42.5 Å². The first-order chi connectivity index (χ1) is 11.5. The predicted molar refractivity (Wildman–Crippen MR) is 82.5 cm³/mol. The molecule has 2 rings (SSSR count). The molecule has 4 nitrogen and oxygen atoms in total. The smallest absolute Gasteiger partial charge is 0.339 e. The summed E-state index contributed by atoms with van der Waals surface area (Å²) in [6.45, 7) is 1.86. The van der Waals surface area contributed by atoms with Gasteiger partial charge in [0.05, 0.1) is 17.7 Å². The Balaban J connectivity index is 2.09. The molecule has 6 heteroatoms. The first-order valence-corrected chi connectivity index (χ1v) is 7.40. The molecule has 0 bridgehead atoms. The van der Waals surface area contributed by atoms with Gasteiger partial charge in [-0.05, 0) is 36.2 Å². The van der Waals surface area contributed by atoms with Crippen LogP contribution in [0.3, 0.4) is 0 Å². The third-order valence-electron chi connectivity index (χ3n) is 3.16. The summed E-state index contributed by atoms with van der Waals surface area (Å²) in [6.07, 6.45) is 0.661. The fourth-order valence-electron chi connectivity index (χ4n) is 1.97. The van der Waals surface area contributed by atoms with Crippen molar-refractivity contribution < 1.29 is 27.8 Å². The van der Waals surface area contributed by atoms with Crippen LogP contribution in [0, 0.1) is 11.6 Å². The van der Waals surface area contributed by atoms with Crippen LogP contribution in [0.25, 0.3) is 0 Å². The van der Waals surface area contributed by atoms with Crippen molar-refractivity contribution in [1.29, 1.82) is 0 Å². The fraction of sp³-hybridized carbons (Fsp3) is 0.222. The first-order valence-electron chi connectivity index (χ1n) is 7.40. The molecule has 0 N–H and O–H groups in total. The molecule has 0 aliphatic rings. The Morgan fingerprint density at radius 3 is 2.12 bits per heavy atom. The molecule has 126 valence electrons. The van der Waals surface area contributed by atoms with Crippen molar-refractivity contribution in [2.75, 3.05) is 6.61 Å². The van der Waals surface area contributed by atoms with Crippen LogP contribution < -0.4 is 0 Å². The zero-order valence-electron chi connectivity index (χ0n) is 13.1. The molecule has 0 aromatic heterocycles. The molecule has 0 atom stereocenters. The molecule has 0 heterocycles. The quantitative estimate of drug-likeness (QED) is 0.752. The molecule has 0 amide bonds. The molecule has 24 heavy (non-hydrogen) atoms. The third kappa shape index (κ3) is 4.38. The SMILES string of the molecule is CCCOC(=O)c1ccccc1C(=O)OCc1ccc(F)c(F)c1. The molecule has 2 aromatic carbocycles. The lowest BCUT2D eigenvalue weighted by Gasteiger charge is -2.09. The summed E-state index contributed by atoms with van der Waals surface area (Å²) in [5.74, 6) is -3.36. The van der Waals surface area contributed by atoms with Gasteiger partial charge in [0.25, 0.3) is 0 Å². The molecule has 0 saturated carbocycles. The molecule has 0 fully saturated rings. The lowest BCUT2D eigenvalue weighted by Crippen LogP contribution is -2.14. The van der Waals surface area contributed by atoms with E-state index in [1.54, 1.807) is 12.1 Å². The third-order valence-corrected chi connectivity index (χ3v) is 3.16. The second kappa shape index (κ2) is 8.19. The fourth-order valence-corrected chi connectivity index (χ4v) is 1.97. The van der Waals surface area contributed by atoms with Crippen molar-refractivity contribution in [3.05, 3.63) is 70.8 Å². The Kier molecular flexibility index (Phi) is 6.01. The second-order valence-electron chi connectivity index (χ2n) is 5.01. The predicted octanol–water partition coefficient (Wildman–Crippen LogP) is 3.89. The minimum atomic E-state index is -1.02. The summed E-state index contributed by atoms with van der Waals surface area (Å²) in [4.78, 5) is 24.1. The molecule has 0 saturated heterocycles. The van der Waals surface area contributed by atoms with Crippen LogP contribution in [0.4, 0.5) is 8.78 Å². The summed E-state index contributed by atoms with van der Waals surface area (Å²) in [5.41, 5.74) is 0.454. The van der Waals surface area contributed by atoms with Crippen molar-refractivity contribution >= 4 is 11.9 Å². The van der Waals surface area contributed by atoms with E-state index in [1.165, 1.54) is 18.2 Å². The molecular weight excluding hydrogens is 318 g/mol. The molecule has 0 spiro atoms. The number of hydrogen-bond donors (Lipinski definition) is 0. The van der Waals surface area contributed by atoms with Crippen LogP contribution in [0.1, 0.15) is 39.6 Å². The highest BCUT2D eigenvalue weighted by Gasteiger charge is 2.19. The Morgan fingerprint density at radius 1 is 0.917 bits per heavy atom. The Labute approximate surface area is 138 Å². The molecular formula is C18H16F2O4. The van der Waals surface area contributed by atoms with Crippen LogP contribution >= 0.6 is 0 Å². The van der Waals surface area contributed by atoms with Gasteiger partial charge in [-0.15, -0.1) is 0 Å². The van der Waals surface area contributed by atoms with Gasteiger partial charge in [0, 0.05) is 0 Å². The number of carbonyl (C=O) groups is 2. The summed E-state index contributed by atoms with van der Waals surface area (Å²) in [5, 5.41) is 0. The number of benzene rings is 2. The van der Waals surface area contributed by atoms with E-state index in [1.807, 2.05) is 6.92 Å². The van der Waals surface area contributed by atoms with E-state index >= 15 is 0 Å². The number of hydrogen-bond acceptors (Lipinski definition) is 4. The van der Waals surface area contributed by atoms with Gasteiger partial charge in [-0.1, -0.05) is 25.1 Å². The zero-order chi connectivity index (χ0) is 17.5. The van der Waals surface area contributed by atoms with Crippen molar-refractivity contribution in [1.82, 2.24) is 0 Å². The first kappa shape index (κ1) is 17.6. The lowest BCUT2D eigenvalue weighted by atomic mass is 10.1. The number of carbonyl (C=O) groups excluding carboxylic acids is 2. The van der Waals surface area contributed by atoms with E-state index in [4.69, 9.17) is 9.47 Å². The molecule has 0 aliphatic carbocycles. The van der Waals surface area contributed by atoms with E-state index < -0.39 is 23.6 Å². The van der Waals surface area contributed by atoms with Crippen molar-refractivity contribution in [2.45, 2.75) is 20.0 Å². The van der Waals surface area contributed by atoms with Gasteiger partial charge >= 0.3 is 11.9 Å². The van der Waals surface area contributed by atoms with Gasteiger partial charge in [-0.3, -0.25) is 0 Å². The molecule has 0 radical (unpaired) electrons. The highest BCUT2D eigenvalue weighted by molar-refractivity contribution is 6.03. The second-order valence-corrected chi connectivity index (χ2v) is 5.01. The number of halogens is 2. The monoisotopic (exact) mass is 334 g/mol. The Morgan fingerprint density at radius 2 is 1.54 bits per heavy atom. The maximum atomic E-state index is 13.1. The van der Waals surface area contributed by atoms with Gasteiger partial charge < -0.3 is 9.47 Å². The van der Waals surface area contributed by atoms with Crippen LogP contribution in [0.5, 0.6) is 0 Å². The number of ether oxygens (including phenoxy) is 2. The summed E-state index contributed by atoms with van der Waals surface area (Å²) in [6, 6.07) is 9.31. The highest BCUT2D eigenvalue weighted by Crippen LogP contribution is 2.15. The van der Waals surface area contributed by atoms with Crippen molar-refractivity contribution in [3.63, 3.8) is 0 Å². The molecule has 0 aliphatic heterocycles. The van der Waals surface area contributed by atoms with Crippen LogP contribution in [0.2, 0.25) is 0 Å². The summed E-state index contributed by atoms with van der Waals surface area (Å²) >= 11 is 0. The normalized spacial score (nSPS) is 10.3. The van der Waals surface area contributed by atoms with Crippen molar-refractivity contribution in [3.8, 4) is 0 Å². The van der Waals surface area contributed by atoms with E-state index in [2.05, 4.69) is 0 Å². The minimum Gasteiger partial charge on any atom is -0.462 e. The standard InChI is InChI=1S/C18H16F2O4/c1-2-9-23-17(21)13-5-3-4-6-14(13)18(22)24-11-12-7-8-15(19)16(20)10-12/h3-8,10H,2,9,11H2,1H3. The Bertz CT molecular complexity index is 744. The van der Waals surface area contributed by atoms with Crippen LogP contribution in [-0.2, 0) is 16.1 Å². The van der Waals surface area contributed by atoms with Gasteiger partial charge in [0.2, 0.25) is 0 Å². The maximum absolute atomic E-state index is 13.1. The topological polar surface area (TPSA) is 52.6 Å². The molecule has 2 aromatic rings. The largest absolute Gasteiger partial charge is 0.462 e. The van der Waals surface area contributed by atoms with E-state index in [-0.39, 0.29) is 24.3 Å².